The van der Waals surface area contributed by atoms with E-state index in [-0.39, 0.29) is 11.5 Å². The number of halogens is 1. The van der Waals surface area contributed by atoms with E-state index >= 15 is 0 Å². The minimum Gasteiger partial charge on any atom is -0.439 e. The van der Waals surface area contributed by atoms with Gasteiger partial charge in [-0.15, -0.1) is 0 Å². The van der Waals surface area contributed by atoms with Crippen molar-refractivity contribution in [2.45, 2.75) is 45.6 Å². The lowest BCUT2D eigenvalue weighted by Crippen LogP contribution is -2.45. The Morgan fingerprint density at radius 2 is 2.10 bits per heavy atom. The molecule has 3 atom stereocenters. The van der Waals surface area contributed by atoms with Crippen LogP contribution in [0, 0.1) is 11.3 Å². The fourth-order valence-corrected chi connectivity index (χ4v) is 3.81. The third-order valence-electron chi connectivity index (χ3n) is 5.18. The second-order valence-corrected chi connectivity index (χ2v) is 7.40. The number of hydrogen-bond acceptors (Lipinski definition) is 3. The van der Waals surface area contributed by atoms with Gasteiger partial charge in [0.1, 0.15) is 5.52 Å². The van der Waals surface area contributed by atoms with Crippen molar-refractivity contribution in [3.05, 3.63) is 28.6 Å². The number of benzene rings is 1. The number of nitrogens with zero attached hydrogens (tertiary/aromatic N) is 1. The lowest BCUT2D eigenvalue weighted by Gasteiger charge is -2.45. The molecule has 0 saturated heterocycles. The van der Waals surface area contributed by atoms with Crippen LogP contribution in [-0.4, -0.2) is 11.0 Å². The van der Waals surface area contributed by atoms with Crippen molar-refractivity contribution < 1.29 is 4.42 Å². The highest BCUT2D eigenvalue weighted by Crippen LogP contribution is 2.50. The molecule has 3 nitrogen and oxygen atoms in total. The molecular weight excluding hydrogens is 316 g/mol. The zero-order valence-corrected chi connectivity index (χ0v) is 13.8. The summed E-state index contributed by atoms with van der Waals surface area (Å²) >= 11 is 3.53. The Kier molecular flexibility index (Phi) is 3.41. The van der Waals surface area contributed by atoms with Crippen LogP contribution in [0.2, 0.25) is 0 Å². The number of para-hydroxylation sites is 1. The molecule has 3 unspecified atom stereocenters. The number of fused-ring (bicyclic) bond motifs is 1. The molecule has 20 heavy (non-hydrogen) atoms. The van der Waals surface area contributed by atoms with Crippen LogP contribution in [0.3, 0.4) is 0 Å². The van der Waals surface area contributed by atoms with Crippen molar-refractivity contribution in [1.82, 2.24) is 4.98 Å². The Labute approximate surface area is 128 Å². The van der Waals surface area contributed by atoms with Crippen LogP contribution in [0.25, 0.3) is 11.1 Å². The lowest BCUT2D eigenvalue weighted by molar-refractivity contribution is 0.0854. The molecule has 1 aliphatic rings. The second kappa shape index (κ2) is 4.85. The molecule has 2 N–H and O–H groups in total. The van der Waals surface area contributed by atoms with Crippen molar-refractivity contribution >= 4 is 27.0 Å². The second-order valence-electron chi connectivity index (χ2n) is 6.54. The zero-order chi connectivity index (χ0) is 14.5. The average molecular weight is 337 g/mol. The van der Waals surface area contributed by atoms with Crippen LogP contribution < -0.4 is 5.73 Å². The summed E-state index contributed by atoms with van der Waals surface area (Å²) in [6.45, 7) is 6.81. The van der Waals surface area contributed by atoms with E-state index in [1.807, 2.05) is 18.2 Å². The maximum absolute atomic E-state index is 6.23. The molecule has 1 fully saturated rings. The molecule has 2 aromatic rings. The van der Waals surface area contributed by atoms with Crippen molar-refractivity contribution in [2.75, 3.05) is 0 Å². The Morgan fingerprint density at radius 3 is 2.80 bits per heavy atom. The van der Waals surface area contributed by atoms with Gasteiger partial charge in [0.15, 0.2) is 11.5 Å². The fourth-order valence-electron chi connectivity index (χ4n) is 3.37. The average Bonchev–Trinajstić information content (AvgIpc) is 2.81. The molecule has 0 aliphatic heterocycles. The first-order valence-electron chi connectivity index (χ1n) is 7.21. The largest absolute Gasteiger partial charge is 0.439 e. The zero-order valence-electron chi connectivity index (χ0n) is 12.2. The fraction of sp³-hybridized carbons (Fsp3) is 0.562. The van der Waals surface area contributed by atoms with E-state index in [2.05, 4.69) is 36.7 Å². The first-order chi connectivity index (χ1) is 9.41. The lowest BCUT2D eigenvalue weighted by atomic mass is 9.61. The summed E-state index contributed by atoms with van der Waals surface area (Å²) in [5, 5.41) is 0. The molecule has 0 amide bonds. The molecule has 108 valence electrons. The quantitative estimate of drug-likeness (QED) is 0.836. The van der Waals surface area contributed by atoms with Gasteiger partial charge in [-0.25, -0.2) is 4.98 Å². The molecule has 1 aromatic heterocycles. The molecule has 1 aromatic carbocycles. The summed E-state index contributed by atoms with van der Waals surface area (Å²) < 4.78 is 7.02. The van der Waals surface area contributed by atoms with Crippen LogP contribution >= 0.6 is 15.9 Å². The normalized spacial score (nSPS) is 29.8. The third kappa shape index (κ3) is 2.09. The monoisotopic (exact) mass is 336 g/mol. The third-order valence-corrected chi connectivity index (χ3v) is 5.81. The van der Waals surface area contributed by atoms with Crippen LogP contribution in [-0.2, 0) is 0 Å². The van der Waals surface area contributed by atoms with Gasteiger partial charge >= 0.3 is 0 Å². The number of hydrogen-bond donors (Lipinski definition) is 1. The van der Waals surface area contributed by atoms with E-state index in [1.165, 1.54) is 0 Å². The molecular formula is C16H21BrN2O. The topological polar surface area (TPSA) is 52.0 Å². The van der Waals surface area contributed by atoms with Gasteiger partial charge in [-0.05, 0) is 52.2 Å². The molecule has 0 spiro atoms. The number of nitrogens with two attached hydrogens (primary N) is 1. The molecule has 1 aliphatic carbocycles. The van der Waals surface area contributed by atoms with Gasteiger partial charge in [0.2, 0.25) is 0 Å². The van der Waals surface area contributed by atoms with Gasteiger partial charge in [0, 0.05) is 12.0 Å². The van der Waals surface area contributed by atoms with Crippen molar-refractivity contribution in [1.29, 1.82) is 0 Å². The maximum Gasteiger partial charge on any atom is 0.199 e. The Balaban J connectivity index is 2.04. The number of aromatic nitrogens is 1. The molecule has 0 bridgehead atoms. The van der Waals surface area contributed by atoms with Crippen molar-refractivity contribution in [2.24, 2.45) is 17.1 Å². The van der Waals surface area contributed by atoms with E-state index in [1.54, 1.807) is 0 Å². The highest BCUT2D eigenvalue weighted by molar-refractivity contribution is 9.10. The molecule has 0 radical (unpaired) electrons. The van der Waals surface area contributed by atoms with Crippen LogP contribution in [0.4, 0.5) is 0 Å². The van der Waals surface area contributed by atoms with Gasteiger partial charge in [0.25, 0.3) is 0 Å². The SMILES string of the molecule is CC1C(N)CCC(c2nc3cccc(Br)c3o2)C1(C)C. The smallest absolute Gasteiger partial charge is 0.199 e. The van der Waals surface area contributed by atoms with E-state index in [0.717, 1.165) is 34.3 Å². The predicted octanol–water partition coefficient (Wildman–Crippen LogP) is 4.46. The predicted molar refractivity (Wildman–Crippen MR) is 84.6 cm³/mol. The summed E-state index contributed by atoms with van der Waals surface area (Å²) in [5.74, 6) is 1.65. The summed E-state index contributed by atoms with van der Waals surface area (Å²) in [7, 11) is 0. The minimum absolute atomic E-state index is 0.102. The first kappa shape index (κ1) is 14.1. The van der Waals surface area contributed by atoms with E-state index < -0.39 is 0 Å². The standard InChI is InChI=1S/C16H21BrN2O/c1-9-12(18)8-7-10(16(9,2)3)15-19-13-6-4-5-11(17)14(13)20-15/h4-6,9-10,12H,7-8,18H2,1-3H3. The first-order valence-corrected chi connectivity index (χ1v) is 8.01. The van der Waals surface area contributed by atoms with Crippen LogP contribution in [0.15, 0.2) is 27.1 Å². The van der Waals surface area contributed by atoms with E-state index in [4.69, 9.17) is 15.1 Å². The minimum atomic E-state index is 0.102. The molecule has 4 heteroatoms. The number of rotatable bonds is 1. The summed E-state index contributed by atoms with van der Waals surface area (Å²) in [4.78, 5) is 4.71. The van der Waals surface area contributed by atoms with Crippen LogP contribution in [0.1, 0.15) is 45.4 Å². The molecule has 1 heterocycles. The highest BCUT2D eigenvalue weighted by Gasteiger charge is 2.44. The van der Waals surface area contributed by atoms with Gasteiger partial charge in [-0.2, -0.15) is 0 Å². The summed E-state index contributed by atoms with van der Waals surface area (Å²) in [6, 6.07) is 6.25. The van der Waals surface area contributed by atoms with Gasteiger partial charge in [-0.3, -0.25) is 0 Å². The van der Waals surface area contributed by atoms with Crippen LogP contribution in [0.5, 0.6) is 0 Å². The van der Waals surface area contributed by atoms with Gasteiger partial charge in [-0.1, -0.05) is 26.8 Å². The van der Waals surface area contributed by atoms with E-state index in [0.29, 0.717) is 11.8 Å². The highest BCUT2D eigenvalue weighted by atomic mass is 79.9. The Bertz CT molecular complexity index is 634. The Hall–Kier alpha value is -0.870. The van der Waals surface area contributed by atoms with Gasteiger partial charge < -0.3 is 10.2 Å². The van der Waals surface area contributed by atoms with E-state index in [9.17, 15) is 0 Å². The number of oxazole rings is 1. The molecule has 3 rings (SSSR count). The maximum atomic E-state index is 6.23. The Morgan fingerprint density at radius 1 is 1.35 bits per heavy atom. The summed E-state index contributed by atoms with van der Waals surface area (Å²) in [6.07, 6.45) is 2.08. The van der Waals surface area contributed by atoms with Crippen molar-refractivity contribution in [3.63, 3.8) is 0 Å². The molecule has 1 saturated carbocycles. The van der Waals surface area contributed by atoms with Gasteiger partial charge in [0.05, 0.1) is 4.47 Å². The summed E-state index contributed by atoms with van der Waals surface area (Å²) in [5.41, 5.74) is 8.11. The van der Waals surface area contributed by atoms with Crippen molar-refractivity contribution in [3.8, 4) is 0 Å².